The quantitative estimate of drug-likeness (QED) is 0.269. The van der Waals surface area contributed by atoms with Gasteiger partial charge < -0.3 is 0 Å². The first kappa shape index (κ1) is 15.8. The Balaban J connectivity index is 2.41. The van der Waals surface area contributed by atoms with E-state index in [4.69, 9.17) is 0 Å². The van der Waals surface area contributed by atoms with Gasteiger partial charge in [0, 0.05) is 5.56 Å². The van der Waals surface area contributed by atoms with E-state index in [-0.39, 0.29) is 5.56 Å². The van der Waals surface area contributed by atoms with Crippen LogP contribution >= 0.6 is 0 Å². The summed E-state index contributed by atoms with van der Waals surface area (Å²) in [4.78, 5) is 11.7. The highest BCUT2D eigenvalue weighted by atomic mass is 19.2. The Bertz CT molecular complexity index is 753. The monoisotopic (exact) mass is 316 g/mol. The molecule has 0 saturated heterocycles. The summed E-state index contributed by atoms with van der Waals surface area (Å²) in [6, 6.07) is 4.40. The maximum Gasteiger partial charge on any atom is 0.200 e. The smallest absolute Gasteiger partial charge is 0.200 e. The van der Waals surface area contributed by atoms with Crippen molar-refractivity contribution >= 4 is 11.9 Å². The van der Waals surface area contributed by atoms with E-state index in [1.54, 1.807) is 0 Å². The van der Waals surface area contributed by atoms with Crippen LogP contribution in [0, 0.1) is 34.9 Å². The minimum atomic E-state index is -2.29. The Hall–Kier alpha value is -2.57. The average molecular weight is 316 g/mol. The van der Waals surface area contributed by atoms with Crippen LogP contribution < -0.4 is 0 Å². The molecule has 0 N–H and O–H groups in total. The summed E-state index contributed by atoms with van der Waals surface area (Å²) in [5.41, 5.74) is -1.39. The molecular weight excluding hydrogens is 310 g/mol. The number of hydrogen-bond donors (Lipinski definition) is 0. The number of rotatable bonds is 3. The normalized spacial score (nSPS) is 11.2. The summed E-state index contributed by atoms with van der Waals surface area (Å²) in [6.45, 7) is 0. The van der Waals surface area contributed by atoms with Gasteiger partial charge in [-0.15, -0.1) is 0 Å². The predicted octanol–water partition coefficient (Wildman–Crippen LogP) is 4.42. The molecule has 0 spiro atoms. The Morgan fingerprint density at radius 3 is 1.91 bits per heavy atom. The third kappa shape index (κ3) is 2.88. The fourth-order valence-corrected chi connectivity index (χ4v) is 1.67. The van der Waals surface area contributed by atoms with Gasteiger partial charge in [0.05, 0.1) is 5.56 Å². The molecule has 2 rings (SSSR count). The number of ketones is 1. The summed E-state index contributed by atoms with van der Waals surface area (Å²) in [7, 11) is 0. The van der Waals surface area contributed by atoms with Crippen LogP contribution in [0.3, 0.4) is 0 Å². The second-order valence-electron chi connectivity index (χ2n) is 4.19. The third-order valence-corrected chi connectivity index (χ3v) is 2.75. The van der Waals surface area contributed by atoms with E-state index in [2.05, 4.69) is 0 Å². The van der Waals surface area contributed by atoms with Crippen molar-refractivity contribution in [3.8, 4) is 0 Å². The Labute approximate surface area is 120 Å². The van der Waals surface area contributed by atoms with Crippen molar-refractivity contribution in [3.05, 3.63) is 76.4 Å². The molecule has 0 heterocycles. The minimum absolute atomic E-state index is 0.139. The first-order valence-electron chi connectivity index (χ1n) is 5.82. The van der Waals surface area contributed by atoms with Gasteiger partial charge in [0.15, 0.2) is 29.1 Å². The lowest BCUT2D eigenvalue weighted by atomic mass is 10.1. The van der Waals surface area contributed by atoms with E-state index in [9.17, 15) is 31.1 Å². The Morgan fingerprint density at radius 1 is 0.818 bits per heavy atom. The molecule has 0 aliphatic heterocycles. The highest BCUT2D eigenvalue weighted by Gasteiger charge is 2.24. The molecule has 2 aromatic carbocycles. The summed E-state index contributed by atoms with van der Waals surface area (Å²) in [5.74, 6) is -12.2. The minimum Gasteiger partial charge on any atom is -0.289 e. The zero-order valence-electron chi connectivity index (χ0n) is 10.6. The molecule has 0 fully saturated rings. The second-order valence-corrected chi connectivity index (χ2v) is 4.19. The molecule has 1 nitrogen and oxygen atoms in total. The number of allylic oxidation sites excluding steroid dienone is 1. The second kappa shape index (κ2) is 6.05. The van der Waals surface area contributed by atoms with Gasteiger partial charge in [0.1, 0.15) is 5.82 Å². The molecule has 0 atom stereocenters. The molecule has 0 unspecified atom stereocenters. The van der Waals surface area contributed by atoms with Crippen molar-refractivity contribution < 1.29 is 31.1 Å². The number of benzene rings is 2. The third-order valence-electron chi connectivity index (χ3n) is 2.75. The highest BCUT2D eigenvalue weighted by Crippen LogP contribution is 2.24. The number of carbonyl (C=O) groups excluding carboxylic acids is 1. The van der Waals surface area contributed by atoms with Gasteiger partial charge in [0.2, 0.25) is 5.82 Å². The molecule has 2 aromatic rings. The van der Waals surface area contributed by atoms with Crippen LogP contribution in [0.1, 0.15) is 15.9 Å². The summed E-state index contributed by atoms with van der Waals surface area (Å²) in [5, 5.41) is 0. The maximum absolute atomic E-state index is 13.4. The summed E-state index contributed by atoms with van der Waals surface area (Å²) < 4.78 is 78.5. The molecular formula is C15H6F6O. The van der Waals surface area contributed by atoms with Crippen LogP contribution in [0.5, 0.6) is 0 Å². The SMILES string of the molecule is O=C(/C=C/c1c(F)c(F)c(F)c(F)c1F)c1cccc(F)c1. The largest absolute Gasteiger partial charge is 0.289 e. The van der Waals surface area contributed by atoms with E-state index >= 15 is 0 Å². The maximum atomic E-state index is 13.4. The van der Waals surface area contributed by atoms with Gasteiger partial charge >= 0.3 is 0 Å². The molecule has 0 aliphatic carbocycles. The number of halogens is 6. The summed E-state index contributed by atoms with van der Waals surface area (Å²) in [6.07, 6.45) is 1.04. The molecule has 0 bridgehead atoms. The zero-order chi connectivity index (χ0) is 16.4. The fourth-order valence-electron chi connectivity index (χ4n) is 1.67. The number of hydrogen-bond acceptors (Lipinski definition) is 1. The zero-order valence-corrected chi connectivity index (χ0v) is 10.6. The van der Waals surface area contributed by atoms with Gasteiger partial charge in [0.25, 0.3) is 0 Å². The van der Waals surface area contributed by atoms with Crippen LogP contribution in [0.4, 0.5) is 26.3 Å². The van der Waals surface area contributed by atoms with Gasteiger partial charge in [-0.2, -0.15) is 0 Å². The van der Waals surface area contributed by atoms with Crippen molar-refractivity contribution in [2.45, 2.75) is 0 Å². The van der Waals surface area contributed by atoms with Crippen molar-refractivity contribution in [1.29, 1.82) is 0 Å². The van der Waals surface area contributed by atoms with Gasteiger partial charge in [-0.25, -0.2) is 26.3 Å². The van der Waals surface area contributed by atoms with Crippen LogP contribution in [-0.2, 0) is 0 Å². The van der Waals surface area contributed by atoms with E-state index < -0.39 is 46.3 Å². The first-order valence-corrected chi connectivity index (χ1v) is 5.82. The van der Waals surface area contributed by atoms with Crippen LogP contribution in [-0.4, -0.2) is 5.78 Å². The van der Waals surface area contributed by atoms with Crippen LogP contribution in [0.2, 0.25) is 0 Å². The van der Waals surface area contributed by atoms with E-state index in [0.29, 0.717) is 12.2 Å². The van der Waals surface area contributed by atoms with E-state index in [0.717, 1.165) is 12.1 Å². The lowest BCUT2D eigenvalue weighted by Gasteiger charge is -2.04. The molecule has 22 heavy (non-hydrogen) atoms. The lowest BCUT2D eigenvalue weighted by molar-refractivity contribution is 0.104. The molecule has 0 aliphatic rings. The average Bonchev–Trinajstić information content (AvgIpc) is 2.50. The molecule has 0 aromatic heterocycles. The van der Waals surface area contributed by atoms with Gasteiger partial charge in [-0.05, 0) is 24.3 Å². The van der Waals surface area contributed by atoms with Crippen LogP contribution in [0.25, 0.3) is 6.08 Å². The lowest BCUT2D eigenvalue weighted by Crippen LogP contribution is -2.04. The Morgan fingerprint density at radius 2 is 1.36 bits per heavy atom. The number of carbonyl (C=O) groups is 1. The fraction of sp³-hybridized carbons (Fsp3) is 0. The van der Waals surface area contributed by atoms with Crippen molar-refractivity contribution in [1.82, 2.24) is 0 Å². The first-order chi connectivity index (χ1) is 10.3. The topological polar surface area (TPSA) is 17.1 Å². The van der Waals surface area contributed by atoms with Crippen molar-refractivity contribution in [2.75, 3.05) is 0 Å². The van der Waals surface area contributed by atoms with Crippen LogP contribution in [0.15, 0.2) is 30.3 Å². The molecule has 0 saturated carbocycles. The molecule has 0 radical (unpaired) electrons. The molecule has 0 amide bonds. The van der Waals surface area contributed by atoms with Crippen molar-refractivity contribution in [2.24, 2.45) is 0 Å². The van der Waals surface area contributed by atoms with Gasteiger partial charge in [-0.1, -0.05) is 12.1 Å². The van der Waals surface area contributed by atoms with E-state index in [1.165, 1.54) is 12.1 Å². The Kier molecular flexibility index (Phi) is 4.35. The highest BCUT2D eigenvalue weighted by molar-refractivity contribution is 6.06. The summed E-state index contributed by atoms with van der Waals surface area (Å²) >= 11 is 0. The van der Waals surface area contributed by atoms with E-state index in [1.807, 2.05) is 0 Å². The van der Waals surface area contributed by atoms with Gasteiger partial charge in [-0.3, -0.25) is 4.79 Å². The molecule has 7 heteroatoms. The van der Waals surface area contributed by atoms with Crippen molar-refractivity contribution in [3.63, 3.8) is 0 Å². The standard InChI is InChI=1S/C15H6F6O/c16-8-3-1-2-7(6-8)10(22)5-4-9-11(17)13(19)15(21)14(20)12(9)18/h1-6H/b5-4+. The predicted molar refractivity (Wildman–Crippen MR) is 66.0 cm³/mol. The molecule has 114 valence electrons.